The summed E-state index contributed by atoms with van der Waals surface area (Å²) in [6.07, 6.45) is 4.50. The Balaban J connectivity index is 1.54. The summed E-state index contributed by atoms with van der Waals surface area (Å²) in [5.41, 5.74) is 0.859. The second kappa shape index (κ2) is 9.66. The molecule has 1 amide bonds. The van der Waals surface area contributed by atoms with Crippen LogP contribution in [0, 0.1) is 5.92 Å². The van der Waals surface area contributed by atoms with E-state index in [-0.39, 0.29) is 5.91 Å². The van der Waals surface area contributed by atoms with Crippen molar-refractivity contribution in [1.82, 2.24) is 20.1 Å². The number of thiophene rings is 1. The monoisotopic (exact) mass is 442 g/mol. The minimum absolute atomic E-state index is 0.0480. The average molecular weight is 443 g/mol. The third kappa shape index (κ3) is 4.70. The standard InChI is InChI=1S/C22H26N4O2S2/c1-15-9-11-16(12-10-15)23-20(27)14-30-22-25-24-21(19-8-5-13-29-19)26(22)17-6-3-4-7-18(17)28-2/h3-8,13,15-16H,9-12,14H2,1-2H3,(H,23,27). The normalized spacial score (nSPS) is 18.9. The first kappa shape index (κ1) is 20.9. The van der Waals surface area contributed by atoms with Crippen molar-refractivity contribution in [3.63, 3.8) is 0 Å². The molecular formula is C22H26N4O2S2. The Hall–Kier alpha value is -2.32. The largest absolute Gasteiger partial charge is 0.495 e. The van der Waals surface area contributed by atoms with Crippen LogP contribution in [0.3, 0.4) is 0 Å². The number of carbonyl (C=O) groups is 1. The first-order valence-corrected chi connectivity index (χ1v) is 12.1. The number of carbonyl (C=O) groups excluding carboxylic acids is 1. The maximum Gasteiger partial charge on any atom is 0.230 e. The van der Waals surface area contributed by atoms with Crippen molar-refractivity contribution in [2.45, 2.75) is 43.8 Å². The molecule has 0 unspecified atom stereocenters. The van der Waals surface area contributed by atoms with Crippen molar-refractivity contribution in [3.05, 3.63) is 41.8 Å². The summed E-state index contributed by atoms with van der Waals surface area (Å²) < 4.78 is 7.55. The molecule has 0 saturated heterocycles. The van der Waals surface area contributed by atoms with Crippen LogP contribution in [-0.2, 0) is 4.79 Å². The number of nitrogens with one attached hydrogen (secondary N) is 1. The smallest absolute Gasteiger partial charge is 0.230 e. The highest BCUT2D eigenvalue weighted by molar-refractivity contribution is 7.99. The maximum absolute atomic E-state index is 12.6. The zero-order valence-corrected chi connectivity index (χ0v) is 18.8. The molecule has 0 atom stereocenters. The predicted octanol–water partition coefficient (Wildman–Crippen LogP) is 4.79. The van der Waals surface area contributed by atoms with Crippen molar-refractivity contribution in [2.24, 2.45) is 5.92 Å². The summed E-state index contributed by atoms with van der Waals surface area (Å²) in [4.78, 5) is 13.6. The van der Waals surface area contributed by atoms with E-state index in [0.717, 1.165) is 40.9 Å². The molecule has 1 aliphatic rings. The van der Waals surface area contributed by atoms with E-state index in [0.29, 0.717) is 17.0 Å². The Kier molecular flexibility index (Phi) is 6.74. The van der Waals surface area contributed by atoms with Gasteiger partial charge in [-0.05, 0) is 55.2 Å². The number of methoxy groups -OCH3 is 1. The van der Waals surface area contributed by atoms with E-state index in [2.05, 4.69) is 22.4 Å². The van der Waals surface area contributed by atoms with E-state index in [1.54, 1.807) is 18.4 Å². The number of hydrogen-bond donors (Lipinski definition) is 1. The number of rotatable bonds is 7. The Morgan fingerprint density at radius 3 is 2.73 bits per heavy atom. The number of hydrogen-bond acceptors (Lipinski definition) is 6. The van der Waals surface area contributed by atoms with Crippen molar-refractivity contribution >= 4 is 29.0 Å². The molecule has 1 aliphatic carbocycles. The third-order valence-electron chi connectivity index (χ3n) is 5.41. The fourth-order valence-electron chi connectivity index (χ4n) is 3.76. The van der Waals surface area contributed by atoms with Crippen LogP contribution in [0.25, 0.3) is 16.4 Å². The molecule has 30 heavy (non-hydrogen) atoms. The molecule has 1 N–H and O–H groups in total. The van der Waals surface area contributed by atoms with Crippen molar-refractivity contribution in [1.29, 1.82) is 0 Å². The number of para-hydroxylation sites is 2. The van der Waals surface area contributed by atoms with E-state index < -0.39 is 0 Å². The molecule has 0 aliphatic heterocycles. The lowest BCUT2D eigenvalue weighted by Gasteiger charge is -2.26. The Bertz CT molecular complexity index is 979. The number of benzene rings is 1. The summed E-state index contributed by atoms with van der Waals surface area (Å²) in [5, 5.41) is 14.7. The van der Waals surface area contributed by atoms with Gasteiger partial charge < -0.3 is 10.1 Å². The van der Waals surface area contributed by atoms with Gasteiger partial charge in [-0.2, -0.15) is 0 Å². The maximum atomic E-state index is 12.6. The third-order valence-corrected chi connectivity index (χ3v) is 7.21. The molecule has 1 saturated carbocycles. The van der Waals surface area contributed by atoms with E-state index in [1.807, 2.05) is 46.3 Å². The van der Waals surface area contributed by atoms with Crippen LogP contribution in [-0.4, -0.2) is 39.6 Å². The lowest BCUT2D eigenvalue weighted by molar-refractivity contribution is -0.119. The minimum atomic E-state index is 0.0480. The molecule has 158 valence electrons. The number of ether oxygens (including phenoxy) is 1. The van der Waals surface area contributed by atoms with Crippen LogP contribution in [0.2, 0.25) is 0 Å². The molecule has 2 aromatic heterocycles. The summed E-state index contributed by atoms with van der Waals surface area (Å²) >= 11 is 3.01. The highest BCUT2D eigenvalue weighted by Crippen LogP contribution is 2.34. The Labute approximate surface area is 185 Å². The Morgan fingerprint density at radius 2 is 2.00 bits per heavy atom. The van der Waals surface area contributed by atoms with Crippen LogP contribution in [0.4, 0.5) is 0 Å². The van der Waals surface area contributed by atoms with E-state index in [9.17, 15) is 4.79 Å². The van der Waals surface area contributed by atoms with Gasteiger partial charge in [0.1, 0.15) is 5.75 Å². The van der Waals surface area contributed by atoms with Crippen molar-refractivity contribution in [2.75, 3.05) is 12.9 Å². The molecule has 4 rings (SSSR count). The van der Waals surface area contributed by atoms with Crippen LogP contribution in [0.5, 0.6) is 5.75 Å². The molecule has 2 heterocycles. The van der Waals surface area contributed by atoms with E-state index >= 15 is 0 Å². The number of amides is 1. The quantitative estimate of drug-likeness (QED) is 0.533. The van der Waals surface area contributed by atoms with E-state index in [4.69, 9.17) is 4.74 Å². The summed E-state index contributed by atoms with van der Waals surface area (Å²) in [6.45, 7) is 2.28. The number of nitrogens with zero attached hydrogens (tertiary/aromatic N) is 3. The van der Waals surface area contributed by atoms with Gasteiger partial charge in [-0.3, -0.25) is 9.36 Å². The van der Waals surface area contributed by atoms with Gasteiger partial charge in [0, 0.05) is 6.04 Å². The highest BCUT2D eigenvalue weighted by atomic mass is 32.2. The molecule has 0 spiro atoms. The molecule has 0 radical (unpaired) electrons. The zero-order valence-electron chi connectivity index (χ0n) is 17.2. The van der Waals surface area contributed by atoms with Gasteiger partial charge in [0.05, 0.1) is 23.4 Å². The second-order valence-corrected chi connectivity index (χ2v) is 9.49. The number of aromatic nitrogens is 3. The summed E-state index contributed by atoms with van der Waals surface area (Å²) in [7, 11) is 1.65. The highest BCUT2D eigenvalue weighted by Gasteiger charge is 2.22. The van der Waals surface area contributed by atoms with Crippen LogP contribution >= 0.6 is 23.1 Å². The van der Waals surface area contributed by atoms with Gasteiger partial charge in [0.15, 0.2) is 11.0 Å². The Morgan fingerprint density at radius 1 is 1.20 bits per heavy atom. The topological polar surface area (TPSA) is 69.0 Å². The molecule has 0 bridgehead atoms. The molecule has 8 heteroatoms. The van der Waals surface area contributed by atoms with E-state index in [1.165, 1.54) is 24.6 Å². The van der Waals surface area contributed by atoms with Gasteiger partial charge in [-0.25, -0.2) is 0 Å². The minimum Gasteiger partial charge on any atom is -0.495 e. The first-order chi connectivity index (χ1) is 14.7. The molecular weight excluding hydrogens is 416 g/mol. The van der Waals surface area contributed by atoms with Gasteiger partial charge in [0.2, 0.25) is 5.91 Å². The molecule has 3 aromatic rings. The van der Waals surface area contributed by atoms with Crippen LogP contribution in [0.15, 0.2) is 46.9 Å². The summed E-state index contributed by atoms with van der Waals surface area (Å²) in [6, 6.07) is 12.1. The first-order valence-electron chi connectivity index (χ1n) is 10.2. The van der Waals surface area contributed by atoms with Gasteiger partial charge >= 0.3 is 0 Å². The second-order valence-electron chi connectivity index (χ2n) is 7.60. The average Bonchev–Trinajstić information content (AvgIpc) is 3.43. The van der Waals surface area contributed by atoms with Gasteiger partial charge in [0.25, 0.3) is 0 Å². The fourth-order valence-corrected chi connectivity index (χ4v) is 5.22. The predicted molar refractivity (Wildman–Crippen MR) is 122 cm³/mol. The molecule has 1 aromatic carbocycles. The SMILES string of the molecule is COc1ccccc1-n1c(SCC(=O)NC2CCC(C)CC2)nnc1-c1cccs1. The summed E-state index contributed by atoms with van der Waals surface area (Å²) in [5.74, 6) is 2.61. The lowest BCUT2D eigenvalue weighted by atomic mass is 9.87. The van der Waals surface area contributed by atoms with Crippen molar-refractivity contribution in [3.8, 4) is 22.1 Å². The van der Waals surface area contributed by atoms with Crippen LogP contribution < -0.4 is 10.1 Å². The van der Waals surface area contributed by atoms with Gasteiger partial charge in [-0.15, -0.1) is 21.5 Å². The van der Waals surface area contributed by atoms with Gasteiger partial charge in [-0.1, -0.05) is 36.9 Å². The molecule has 1 fully saturated rings. The van der Waals surface area contributed by atoms with Crippen LogP contribution in [0.1, 0.15) is 32.6 Å². The lowest BCUT2D eigenvalue weighted by Crippen LogP contribution is -2.38. The fraction of sp³-hybridized carbons (Fsp3) is 0.409. The number of thioether (sulfide) groups is 1. The van der Waals surface area contributed by atoms with Crippen molar-refractivity contribution < 1.29 is 9.53 Å². The molecule has 6 nitrogen and oxygen atoms in total. The zero-order chi connectivity index (χ0) is 20.9.